The lowest BCUT2D eigenvalue weighted by molar-refractivity contribution is -0.154. The molecule has 0 spiro atoms. The lowest BCUT2D eigenvalue weighted by Crippen LogP contribution is -2.22. The van der Waals surface area contributed by atoms with E-state index in [1.165, 1.54) is 7.11 Å². The van der Waals surface area contributed by atoms with E-state index in [1.54, 1.807) is 13.8 Å². The summed E-state index contributed by atoms with van der Waals surface area (Å²) in [6.07, 6.45) is 0.0164. The molecular formula is C18H27O7P. The maximum absolute atomic E-state index is 12.5. The molecule has 1 aromatic rings. The summed E-state index contributed by atoms with van der Waals surface area (Å²) in [4.78, 5) is 24.0. The zero-order chi connectivity index (χ0) is 19.4. The number of methoxy groups -OCH3 is 1. The van der Waals surface area contributed by atoms with E-state index in [0.29, 0.717) is 0 Å². The number of carbonyl (C=O) groups excluding carboxylic acids is 2. The molecule has 0 saturated carbocycles. The van der Waals surface area contributed by atoms with Crippen molar-refractivity contribution in [2.75, 3.05) is 26.5 Å². The molecule has 0 aliphatic carbocycles. The SMILES string of the molecule is CCOP(=O)(CC[C@H](CC(=O)OCc1ccccc1)C(=O)OC)OCC. The van der Waals surface area contributed by atoms with Gasteiger partial charge in [-0.25, -0.2) is 0 Å². The van der Waals surface area contributed by atoms with Crippen LogP contribution in [0.25, 0.3) is 0 Å². The molecule has 1 rings (SSSR count). The van der Waals surface area contributed by atoms with Crippen molar-refractivity contribution < 1.29 is 32.7 Å². The van der Waals surface area contributed by atoms with Gasteiger partial charge in [-0.2, -0.15) is 0 Å². The highest BCUT2D eigenvalue weighted by Gasteiger charge is 2.30. The van der Waals surface area contributed by atoms with E-state index in [2.05, 4.69) is 0 Å². The van der Waals surface area contributed by atoms with E-state index >= 15 is 0 Å². The Bertz CT molecular complexity index is 593. The number of rotatable bonds is 12. The van der Waals surface area contributed by atoms with Gasteiger partial charge in [0, 0.05) is 0 Å². The van der Waals surface area contributed by atoms with Gasteiger partial charge in [0.1, 0.15) is 6.61 Å². The number of benzene rings is 1. The topological polar surface area (TPSA) is 88.1 Å². The smallest absolute Gasteiger partial charge is 0.330 e. The van der Waals surface area contributed by atoms with Crippen molar-refractivity contribution >= 4 is 19.5 Å². The molecule has 0 aromatic heterocycles. The van der Waals surface area contributed by atoms with Gasteiger partial charge in [0.25, 0.3) is 0 Å². The monoisotopic (exact) mass is 386 g/mol. The van der Waals surface area contributed by atoms with Gasteiger partial charge in [0.05, 0.1) is 38.8 Å². The van der Waals surface area contributed by atoms with E-state index in [0.717, 1.165) is 5.56 Å². The van der Waals surface area contributed by atoms with E-state index in [4.69, 9.17) is 18.5 Å². The maximum atomic E-state index is 12.5. The Hall–Kier alpha value is -1.69. The van der Waals surface area contributed by atoms with E-state index in [1.807, 2.05) is 30.3 Å². The fraction of sp³-hybridized carbons (Fsp3) is 0.556. The zero-order valence-electron chi connectivity index (χ0n) is 15.5. The minimum Gasteiger partial charge on any atom is -0.469 e. The standard InChI is InChI=1S/C18H27O7P/c1-4-24-26(21,25-5-2)12-11-16(18(20)22-3)13-17(19)23-14-15-9-7-6-8-10-15/h6-10,16H,4-5,11-14H2,1-3H3/t16-/m1/s1. The second-order valence-corrected chi connectivity index (χ2v) is 7.71. The highest BCUT2D eigenvalue weighted by atomic mass is 31.2. The van der Waals surface area contributed by atoms with Crippen molar-refractivity contribution in [3.8, 4) is 0 Å². The summed E-state index contributed by atoms with van der Waals surface area (Å²) in [5, 5.41) is 0. The van der Waals surface area contributed by atoms with Crippen LogP contribution in [-0.2, 0) is 39.3 Å². The number of hydrogen-bond acceptors (Lipinski definition) is 7. The molecule has 1 aromatic carbocycles. The first-order chi connectivity index (χ1) is 12.4. The first kappa shape index (κ1) is 22.4. The van der Waals surface area contributed by atoms with E-state index in [-0.39, 0.29) is 38.8 Å². The summed E-state index contributed by atoms with van der Waals surface area (Å²) < 4.78 is 32.9. The number of ether oxygens (including phenoxy) is 2. The van der Waals surface area contributed by atoms with Crippen molar-refractivity contribution in [1.29, 1.82) is 0 Å². The molecule has 0 N–H and O–H groups in total. The molecule has 0 saturated heterocycles. The molecule has 8 heteroatoms. The Labute approximate surface area is 154 Å². The van der Waals surface area contributed by atoms with Gasteiger partial charge >= 0.3 is 19.5 Å². The van der Waals surface area contributed by atoms with Gasteiger partial charge in [0.15, 0.2) is 0 Å². The van der Waals surface area contributed by atoms with Crippen LogP contribution < -0.4 is 0 Å². The second kappa shape index (κ2) is 11.8. The fourth-order valence-electron chi connectivity index (χ4n) is 2.34. The van der Waals surface area contributed by atoms with Crippen molar-refractivity contribution in [3.05, 3.63) is 35.9 Å². The van der Waals surface area contributed by atoms with Gasteiger partial charge in [-0.3, -0.25) is 14.2 Å². The highest BCUT2D eigenvalue weighted by molar-refractivity contribution is 7.53. The summed E-state index contributed by atoms with van der Waals surface area (Å²) in [6, 6.07) is 9.24. The Morgan fingerprint density at radius 2 is 1.69 bits per heavy atom. The molecule has 0 amide bonds. The van der Waals surface area contributed by atoms with Crippen molar-refractivity contribution in [3.63, 3.8) is 0 Å². The van der Waals surface area contributed by atoms with Gasteiger partial charge in [-0.1, -0.05) is 30.3 Å². The predicted molar refractivity (Wildman–Crippen MR) is 96.7 cm³/mol. The molecule has 0 unspecified atom stereocenters. The van der Waals surface area contributed by atoms with Gasteiger partial charge in [-0.15, -0.1) is 0 Å². The minimum absolute atomic E-state index is 0.0282. The average Bonchev–Trinajstić information content (AvgIpc) is 2.64. The molecule has 7 nitrogen and oxygen atoms in total. The molecule has 0 radical (unpaired) electrons. The largest absolute Gasteiger partial charge is 0.469 e. The first-order valence-electron chi connectivity index (χ1n) is 8.59. The third kappa shape index (κ3) is 8.13. The Kier molecular flexibility index (Phi) is 10.2. The predicted octanol–water partition coefficient (Wildman–Crippen LogP) is 3.57. The highest BCUT2D eigenvalue weighted by Crippen LogP contribution is 2.49. The summed E-state index contributed by atoms with van der Waals surface area (Å²) in [6.45, 7) is 4.03. The molecule has 0 aliphatic rings. The maximum Gasteiger partial charge on any atom is 0.330 e. The molecule has 1 atom stereocenters. The van der Waals surface area contributed by atoms with Crippen molar-refractivity contribution in [2.45, 2.75) is 33.3 Å². The van der Waals surface area contributed by atoms with Crippen LogP contribution in [0, 0.1) is 5.92 Å². The lowest BCUT2D eigenvalue weighted by atomic mass is 10.0. The van der Waals surface area contributed by atoms with E-state index < -0.39 is 25.5 Å². The third-order valence-corrected chi connectivity index (χ3v) is 5.70. The van der Waals surface area contributed by atoms with Crippen LogP contribution in [0.3, 0.4) is 0 Å². The normalized spacial score (nSPS) is 12.4. The van der Waals surface area contributed by atoms with Gasteiger partial charge in [-0.05, 0) is 25.8 Å². The number of esters is 2. The molecular weight excluding hydrogens is 359 g/mol. The molecule has 146 valence electrons. The fourth-order valence-corrected chi connectivity index (χ4v) is 4.09. The summed E-state index contributed by atoms with van der Waals surface area (Å²) in [5.74, 6) is -1.84. The molecule has 26 heavy (non-hydrogen) atoms. The van der Waals surface area contributed by atoms with Crippen LogP contribution in [0.15, 0.2) is 30.3 Å². The molecule has 0 fully saturated rings. The van der Waals surface area contributed by atoms with Gasteiger partial charge < -0.3 is 18.5 Å². The number of hydrogen-bond donors (Lipinski definition) is 0. The molecule has 0 bridgehead atoms. The summed E-state index contributed by atoms with van der Waals surface area (Å²) in [7, 11) is -2.04. The molecule has 0 heterocycles. The third-order valence-electron chi connectivity index (χ3n) is 3.59. The average molecular weight is 386 g/mol. The summed E-state index contributed by atoms with van der Waals surface area (Å²) in [5.41, 5.74) is 0.854. The van der Waals surface area contributed by atoms with Crippen molar-refractivity contribution in [2.24, 2.45) is 5.92 Å². The molecule has 0 aliphatic heterocycles. The van der Waals surface area contributed by atoms with Crippen LogP contribution in [0.4, 0.5) is 0 Å². The van der Waals surface area contributed by atoms with Crippen LogP contribution in [0.2, 0.25) is 0 Å². The Morgan fingerprint density at radius 1 is 1.08 bits per heavy atom. The first-order valence-corrected chi connectivity index (χ1v) is 10.3. The quantitative estimate of drug-likeness (QED) is 0.401. The summed E-state index contributed by atoms with van der Waals surface area (Å²) >= 11 is 0. The Balaban J connectivity index is 2.61. The van der Waals surface area contributed by atoms with Crippen LogP contribution in [0.1, 0.15) is 32.3 Å². The van der Waals surface area contributed by atoms with Crippen LogP contribution in [-0.4, -0.2) is 38.4 Å². The van der Waals surface area contributed by atoms with Crippen LogP contribution in [0.5, 0.6) is 0 Å². The zero-order valence-corrected chi connectivity index (χ0v) is 16.4. The van der Waals surface area contributed by atoms with Crippen molar-refractivity contribution in [1.82, 2.24) is 0 Å². The minimum atomic E-state index is -3.29. The van der Waals surface area contributed by atoms with Crippen LogP contribution >= 0.6 is 7.60 Å². The van der Waals surface area contributed by atoms with Gasteiger partial charge in [0.2, 0.25) is 0 Å². The lowest BCUT2D eigenvalue weighted by Gasteiger charge is -2.19. The number of carbonyl (C=O) groups is 2. The Morgan fingerprint density at radius 3 is 2.23 bits per heavy atom. The second-order valence-electron chi connectivity index (χ2n) is 5.53. The van der Waals surface area contributed by atoms with E-state index in [9.17, 15) is 14.2 Å².